The minimum Gasteiger partial charge on any atom is -0.348 e. The highest BCUT2D eigenvalue weighted by Gasteiger charge is 2.51. The minimum atomic E-state index is -0.560. The van der Waals surface area contributed by atoms with Crippen molar-refractivity contribution < 1.29 is 14.3 Å². The molecule has 0 aliphatic carbocycles. The average molecular weight is 336 g/mol. The molecule has 2 aromatic rings. The fraction of sp³-hybridized carbons (Fsp3) is 0.300. The summed E-state index contributed by atoms with van der Waals surface area (Å²) in [5.41, 5.74) is 1.91. The second kappa shape index (κ2) is 6.33. The summed E-state index contributed by atoms with van der Waals surface area (Å²) in [5, 5.41) is 0. The Kier molecular flexibility index (Phi) is 4.01. The van der Waals surface area contributed by atoms with Crippen molar-refractivity contribution >= 4 is 11.8 Å². The number of nitrogens with zero attached hydrogens (tertiary/aromatic N) is 2. The van der Waals surface area contributed by atoms with Gasteiger partial charge in [0, 0.05) is 12.1 Å². The number of carbonyl (C=O) groups is 2. The second-order valence-electron chi connectivity index (χ2n) is 6.53. The molecule has 2 aliphatic rings. The lowest BCUT2D eigenvalue weighted by Crippen LogP contribution is -2.59. The third kappa shape index (κ3) is 2.81. The Balaban J connectivity index is 1.60. The number of hydrogen-bond donors (Lipinski definition) is 0. The normalized spacial score (nSPS) is 26.0. The first-order valence-corrected chi connectivity index (χ1v) is 8.49. The van der Waals surface area contributed by atoms with Crippen molar-refractivity contribution in [1.29, 1.82) is 0 Å². The molecule has 0 unspecified atom stereocenters. The molecule has 2 heterocycles. The van der Waals surface area contributed by atoms with E-state index in [0.29, 0.717) is 6.54 Å². The van der Waals surface area contributed by atoms with Crippen molar-refractivity contribution in [2.45, 2.75) is 31.8 Å². The van der Waals surface area contributed by atoms with Gasteiger partial charge in [-0.2, -0.15) is 0 Å². The summed E-state index contributed by atoms with van der Waals surface area (Å²) in [6, 6.07) is 18.8. The van der Waals surface area contributed by atoms with E-state index in [1.54, 1.807) is 9.80 Å². The Labute approximate surface area is 146 Å². The molecule has 0 N–H and O–H groups in total. The van der Waals surface area contributed by atoms with Crippen LogP contribution in [0.15, 0.2) is 60.7 Å². The quantitative estimate of drug-likeness (QED) is 0.864. The van der Waals surface area contributed by atoms with Gasteiger partial charge >= 0.3 is 0 Å². The third-order valence-corrected chi connectivity index (χ3v) is 4.82. The molecule has 0 saturated carbocycles. The van der Waals surface area contributed by atoms with E-state index in [1.165, 1.54) is 0 Å². The van der Waals surface area contributed by atoms with Gasteiger partial charge in [0.25, 0.3) is 0 Å². The second-order valence-corrected chi connectivity index (χ2v) is 6.53. The molecule has 4 rings (SSSR count). The predicted octanol–water partition coefficient (Wildman–Crippen LogP) is 2.34. The summed E-state index contributed by atoms with van der Waals surface area (Å²) in [6.07, 6.45) is -0.822. The fourth-order valence-corrected chi connectivity index (χ4v) is 3.63. The smallest absolute Gasteiger partial charge is 0.248 e. The number of carbonyl (C=O) groups excluding carboxylic acids is 2. The molecule has 0 bridgehead atoms. The maximum Gasteiger partial charge on any atom is 0.248 e. The largest absolute Gasteiger partial charge is 0.348 e. The lowest BCUT2D eigenvalue weighted by atomic mass is 10.0. The van der Waals surface area contributed by atoms with E-state index in [1.807, 2.05) is 67.6 Å². The minimum absolute atomic E-state index is 0.0469. The van der Waals surface area contributed by atoms with E-state index in [9.17, 15) is 9.59 Å². The van der Waals surface area contributed by atoms with Crippen molar-refractivity contribution in [2.24, 2.45) is 0 Å². The van der Waals surface area contributed by atoms with E-state index in [-0.39, 0.29) is 24.5 Å². The number of piperazine rings is 1. The standard InChI is InChI=1S/C20H20N2O3/c1-14-18-19(24)21(12-15-8-4-2-5-9-15)13-17(23)22(18)20(25-14)16-10-6-3-7-11-16/h2-11,14,18,20H,12-13H2,1H3/t14-,18+,20+/m1/s1. The molecule has 3 atom stereocenters. The van der Waals surface area contributed by atoms with Gasteiger partial charge < -0.3 is 9.64 Å². The number of hydrogen-bond acceptors (Lipinski definition) is 3. The average Bonchev–Trinajstić information content (AvgIpc) is 2.99. The van der Waals surface area contributed by atoms with Crippen molar-refractivity contribution in [2.75, 3.05) is 6.54 Å². The molecule has 2 aliphatic heterocycles. The summed E-state index contributed by atoms with van der Waals surface area (Å²) in [6.45, 7) is 2.39. The highest BCUT2D eigenvalue weighted by molar-refractivity contribution is 5.96. The third-order valence-electron chi connectivity index (χ3n) is 4.82. The SMILES string of the molecule is C[C@H]1O[C@@H](c2ccccc2)N2C(=O)CN(Cc3ccccc3)C(=O)[C@H]12. The molecule has 0 spiro atoms. The van der Waals surface area contributed by atoms with Crippen LogP contribution in [0.5, 0.6) is 0 Å². The van der Waals surface area contributed by atoms with Crippen molar-refractivity contribution in [1.82, 2.24) is 9.80 Å². The number of ether oxygens (including phenoxy) is 1. The molecule has 0 aromatic heterocycles. The molecule has 0 radical (unpaired) electrons. The summed E-state index contributed by atoms with van der Waals surface area (Å²) < 4.78 is 5.99. The molecule has 128 valence electrons. The van der Waals surface area contributed by atoms with Crippen molar-refractivity contribution in [3.8, 4) is 0 Å². The topological polar surface area (TPSA) is 49.9 Å². The maximum atomic E-state index is 13.0. The summed E-state index contributed by atoms with van der Waals surface area (Å²) in [7, 11) is 0. The molecule has 2 saturated heterocycles. The van der Waals surface area contributed by atoms with E-state index >= 15 is 0 Å². The van der Waals surface area contributed by atoms with Gasteiger partial charge in [0.1, 0.15) is 12.6 Å². The number of rotatable bonds is 3. The van der Waals surface area contributed by atoms with Gasteiger partial charge in [-0.05, 0) is 12.5 Å². The predicted molar refractivity (Wildman–Crippen MR) is 92.2 cm³/mol. The Morgan fingerprint density at radius 3 is 2.32 bits per heavy atom. The monoisotopic (exact) mass is 336 g/mol. The molecule has 5 heteroatoms. The van der Waals surface area contributed by atoms with Gasteiger partial charge in [0.15, 0.2) is 6.23 Å². The van der Waals surface area contributed by atoms with Gasteiger partial charge in [-0.1, -0.05) is 60.7 Å². The van der Waals surface area contributed by atoms with Crippen LogP contribution in [0, 0.1) is 0 Å². The lowest BCUT2D eigenvalue weighted by Gasteiger charge is -2.38. The Morgan fingerprint density at radius 1 is 1.00 bits per heavy atom. The van der Waals surface area contributed by atoms with Crippen LogP contribution in [0.4, 0.5) is 0 Å². The highest BCUT2D eigenvalue weighted by atomic mass is 16.5. The van der Waals surface area contributed by atoms with Crippen LogP contribution in [0.3, 0.4) is 0 Å². The van der Waals surface area contributed by atoms with Gasteiger partial charge in [-0.15, -0.1) is 0 Å². The van der Waals surface area contributed by atoms with E-state index in [0.717, 1.165) is 11.1 Å². The van der Waals surface area contributed by atoms with E-state index in [2.05, 4.69) is 0 Å². The zero-order chi connectivity index (χ0) is 17.4. The lowest BCUT2D eigenvalue weighted by molar-refractivity contribution is -0.157. The Hall–Kier alpha value is -2.66. The van der Waals surface area contributed by atoms with Crippen molar-refractivity contribution in [3.05, 3.63) is 71.8 Å². The molecule has 5 nitrogen and oxygen atoms in total. The van der Waals surface area contributed by atoms with Crippen molar-refractivity contribution in [3.63, 3.8) is 0 Å². The zero-order valence-electron chi connectivity index (χ0n) is 14.0. The summed E-state index contributed by atoms with van der Waals surface area (Å²) in [5.74, 6) is -0.117. The molecule has 2 aromatic carbocycles. The zero-order valence-corrected chi connectivity index (χ0v) is 14.0. The Bertz CT molecular complexity index is 778. The summed E-state index contributed by atoms with van der Waals surface area (Å²) >= 11 is 0. The van der Waals surface area contributed by atoms with Gasteiger partial charge in [0.2, 0.25) is 11.8 Å². The van der Waals surface area contributed by atoms with Gasteiger partial charge in [-0.25, -0.2) is 0 Å². The van der Waals surface area contributed by atoms with E-state index in [4.69, 9.17) is 4.74 Å². The fourth-order valence-electron chi connectivity index (χ4n) is 3.63. The molecular formula is C20H20N2O3. The number of fused-ring (bicyclic) bond motifs is 1. The first-order chi connectivity index (χ1) is 12.1. The molecular weight excluding hydrogens is 316 g/mol. The summed E-state index contributed by atoms with van der Waals surface area (Å²) in [4.78, 5) is 29.0. The Morgan fingerprint density at radius 2 is 1.64 bits per heavy atom. The van der Waals surface area contributed by atoms with Crippen LogP contribution in [-0.4, -0.2) is 40.3 Å². The van der Waals surface area contributed by atoms with Crippen LogP contribution in [0.2, 0.25) is 0 Å². The van der Waals surface area contributed by atoms with Gasteiger partial charge in [0.05, 0.1) is 6.10 Å². The molecule has 2 fully saturated rings. The van der Waals surface area contributed by atoms with E-state index < -0.39 is 12.3 Å². The first-order valence-electron chi connectivity index (χ1n) is 8.49. The highest BCUT2D eigenvalue weighted by Crippen LogP contribution is 2.37. The number of amides is 2. The molecule has 2 amide bonds. The van der Waals surface area contributed by atoms with Crippen LogP contribution >= 0.6 is 0 Å². The van der Waals surface area contributed by atoms with Gasteiger partial charge in [-0.3, -0.25) is 14.5 Å². The number of benzene rings is 2. The van der Waals surface area contributed by atoms with Crippen LogP contribution in [-0.2, 0) is 20.9 Å². The molecule has 25 heavy (non-hydrogen) atoms. The van der Waals surface area contributed by atoms with Crippen LogP contribution in [0.1, 0.15) is 24.3 Å². The first kappa shape index (κ1) is 15.8. The van der Waals surface area contributed by atoms with Crippen LogP contribution in [0.25, 0.3) is 0 Å². The van der Waals surface area contributed by atoms with Crippen LogP contribution < -0.4 is 0 Å². The maximum absolute atomic E-state index is 13.0.